The van der Waals surface area contributed by atoms with E-state index in [1.165, 1.54) is 7.05 Å². The Labute approximate surface area is 109 Å². The number of hydrogen-bond donors (Lipinski definition) is 4. The Morgan fingerprint density at radius 3 is 2.74 bits per heavy atom. The number of nitrogens with zero attached hydrogens (tertiary/aromatic N) is 1. The van der Waals surface area contributed by atoms with Gasteiger partial charge in [0.05, 0.1) is 0 Å². The molecule has 0 bridgehead atoms. The lowest BCUT2D eigenvalue weighted by molar-refractivity contribution is -0.144. The molecule has 1 unspecified atom stereocenters. The molecule has 0 aliphatic carbocycles. The minimum Gasteiger partial charge on any atom is -0.480 e. The summed E-state index contributed by atoms with van der Waals surface area (Å²) in [6, 6.07) is -1.77. The van der Waals surface area contributed by atoms with E-state index in [0.29, 0.717) is 0 Å². The van der Waals surface area contributed by atoms with Crippen LogP contribution in [0.4, 0.5) is 4.79 Å². The van der Waals surface area contributed by atoms with Gasteiger partial charge in [0.1, 0.15) is 12.6 Å². The van der Waals surface area contributed by atoms with Crippen LogP contribution in [0.2, 0.25) is 0 Å². The van der Waals surface area contributed by atoms with Gasteiger partial charge in [-0.2, -0.15) is 0 Å². The van der Waals surface area contributed by atoms with Crippen molar-refractivity contribution in [3.8, 4) is 0 Å². The highest BCUT2D eigenvalue weighted by molar-refractivity contribution is 5.90. The highest BCUT2D eigenvalue weighted by Gasteiger charge is 2.35. The molecule has 0 aromatic heterocycles. The second kappa shape index (κ2) is 6.57. The Hall–Kier alpha value is -2.32. The van der Waals surface area contributed by atoms with Gasteiger partial charge in [-0.25, -0.2) is 9.59 Å². The second-order valence-electron chi connectivity index (χ2n) is 3.94. The van der Waals surface area contributed by atoms with Crippen LogP contribution in [0.1, 0.15) is 6.42 Å². The van der Waals surface area contributed by atoms with Crippen LogP contribution in [0.25, 0.3) is 0 Å². The van der Waals surface area contributed by atoms with Crippen LogP contribution in [-0.4, -0.2) is 66.5 Å². The predicted octanol–water partition coefficient (Wildman–Crippen LogP) is -2.28. The van der Waals surface area contributed by atoms with E-state index in [9.17, 15) is 19.2 Å². The SMILES string of the molecule is CNC(=O)CCNC(=O)N1CC(=O)NCC1C(=O)O. The lowest BCUT2D eigenvalue weighted by Crippen LogP contribution is -2.61. The van der Waals surface area contributed by atoms with E-state index in [4.69, 9.17) is 5.11 Å². The Morgan fingerprint density at radius 2 is 2.16 bits per heavy atom. The van der Waals surface area contributed by atoms with Gasteiger partial charge in [-0.15, -0.1) is 0 Å². The van der Waals surface area contributed by atoms with E-state index in [-0.39, 0.29) is 32.0 Å². The number of hydrogen-bond acceptors (Lipinski definition) is 4. The minimum atomic E-state index is -1.19. The van der Waals surface area contributed by atoms with Crippen LogP contribution in [-0.2, 0) is 14.4 Å². The molecular formula is C10H16N4O5. The Bertz CT molecular complexity index is 397. The normalized spacial score (nSPS) is 18.5. The molecule has 1 aliphatic rings. The Balaban J connectivity index is 2.54. The monoisotopic (exact) mass is 272 g/mol. The number of carboxylic acid groups (broad SMARTS) is 1. The Morgan fingerprint density at radius 1 is 1.47 bits per heavy atom. The van der Waals surface area contributed by atoms with Gasteiger partial charge in [-0.1, -0.05) is 0 Å². The maximum absolute atomic E-state index is 11.8. The number of carbonyl (C=O) groups is 4. The van der Waals surface area contributed by atoms with E-state index in [1.54, 1.807) is 0 Å². The highest BCUT2D eigenvalue weighted by Crippen LogP contribution is 2.04. The number of rotatable bonds is 4. The molecule has 1 saturated heterocycles. The average Bonchev–Trinajstić information content (AvgIpc) is 2.37. The van der Waals surface area contributed by atoms with Crippen molar-refractivity contribution in [3.05, 3.63) is 0 Å². The third-order valence-electron chi connectivity index (χ3n) is 2.64. The minimum absolute atomic E-state index is 0.0724. The van der Waals surface area contributed by atoms with E-state index >= 15 is 0 Å². The van der Waals surface area contributed by atoms with E-state index in [1.807, 2.05) is 0 Å². The molecule has 106 valence electrons. The van der Waals surface area contributed by atoms with Crippen LogP contribution in [0.15, 0.2) is 0 Å². The fourth-order valence-electron chi connectivity index (χ4n) is 1.58. The van der Waals surface area contributed by atoms with Crippen molar-refractivity contribution in [2.24, 2.45) is 0 Å². The molecule has 4 N–H and O–H groups in total. The summed E-state index contributed by atoms with van der Waals surface area (Å²) in [7, 11) is 1.47. The van der Waals surface area contributed by atoms with Crippen molar-refractivity contribution in [3.63, 3.8) is 0 Å². The van der Waals surface area contributed by atoms with Gasteiger partial charge in [0.2, 0.25) is 11.8 Å². The zero-order valence-electron chi connectivity index (χ0n) is 10.4. The van der Waals surface area contributed by atoms with Crippen LogP contribution in [0.5, 0.6) is 0 Å². The van der Waals surface area contributed by atoms with Gasteiger partial charge in [0, 0.05) is 26.6 Å². The molecule has 0 radical (unpaired) electrons. The van der Waals surface area contributed by atoms with Crippen LogP contribution in [0, 0.1) is 0 Å². The van der Waals surface area contributed by atoms with Crippen molar-refractivity contribution < 1.29 is 24.3 Å². The molecule has 4 amide bonds. The molecule has 1 aliphatic heterocycles. The van der Waals surface area contributed by atoms with Crippen LogP contribution < -0.4 is 16.0 Å². The third kappa shape index (κ3) is 4.12. The topological polar surface area (TPSA) is 128 Å². The predicted molar refractivity (Wildman–Crippen MR) is 63.2 cm³/mol. The van der Waals surface area contributed by atoms with Crippen molar-refractivity contribution >= 4 is 23.8 Å². The second-order valence-corrected chi connectivity index (χ2v) is 3.94. The lowest BCUT2D eigenvalue weighted by Gasteiger charge is -2.32. The quantitative estimate of drug-likeness (QED) is 0.458. The first-order valence-corrected chi connectivity index (χ1v) is 5.70. The molecule has 19 heavy (non-hydrogen) atoms. The maximum atomic E-state index is 11.8. The van der Waals surface area contributed by atoms with Gasteiger partial charge in [-0.3, -0.25) is 14.5 Å². The van der Waals surface area contributed by atoms with Gasteiger partial charge < -0.3 is 21.1 Å². The molecule has 0 saturated carbocycles. The number of urea groups is 1. The van der Waals surface area contributed by atoms with Crippen molar-refractivity contribution in [1.82, 2.24) is 20.9 Å². The molecular weight excluding hydrogens is 256 g/mol. The number of carboxylic acids is 1. The number of amides is 4. The summed E-state index contributed by atoms with van der Waals surface area (Å²) in [4.78, 5) is 45.8. The molecule has 1 heterocycles. The summed E-state index contributed by atoms with van der Waals surface area (Å²) >= 11 is 0. The summed E-state index contributed by atoms with van der Waals surface area (Å²) in [6.07, 6.45) is 0.0833. The summed E-state index contributed by atoms with van der Waals surface area (Å²) in [5.74, 6) is -1.85. The third-order valence-corrected chi connectivity index (χ3v) is 2.64. The number of piperazine rings is 1. The molecule has 1 atom stereocenters. The standard InChI is InChI=1S/C10H16N4O5/c1-11-7(15)2-3-12-10(19)14-5-8(16)13-4-6(14)9(17)18/h6H,2-5H2,1H3,(H,11,15)(H,12,19)(H,13,16)(H,17,18). The van der Waals surface area contributed by atoms with Crippen molar-refractivity contribution in [2.75, 3.05) is 26.7 Å². The lowest BCUT2D eigenvalue weighted by atomic mass is 10.2. The summed E-state index contributed by atoms with van der Waals surface area (Å²) in [5.41, 5.74) is 0. The van der Waals surface area contributed by atoms with Crippen molar-refractivity contribution in [1.29, 1.82) is 0 Å². The zero-order valence-corrected chi connectivity index (χ0v) is 10.4. The van der Waals surface area contributed by atoms with Crippen molar-refractivity contribution in [2.45, 2.75) is 12.5 Å². The molecule has 0 spiro atoms. The first-order chi connectivity index (χ1) is 8.95. The van der Waals surface area contributed by atoms with Gasteiger partial charge in [0.25, 0.3) is 0 Å². The van der Waals surface area contributed by atoms with Gasteiger partial charge in [-0.05, 0) is 0 Å². The first kappa shape index (κ1) is 14.7. The average molecular weight is 272 g/mol. The number of carbonyl (C=O) groups excluding carboxylic acids is 3. The summed E-state index contributed by atoms with van der Waals surface area (Å²) in [5, 5.41) is 16.1. The molecule has 0 aromatic rings. The first-order valence-electron chi connectivity index (χ1n) is 5.70. The van der Waals surface area contributed by atoms with Crippen LogP contribution in [0.3, 0.4) is 0 Å². The maximum Gasteiger partial charge on any atom is 0.328 e. The largest absolute Gasteiger partial charge is 0.480 e. The van der Waals surface area contributed by atoms with Crippen LogP contribution >= 0.6 is 0 Å². The smallest absolute Gasteiger partial charge is 0.328 e. The zero-order chi connectivity index (χ0) is 14.4. The summed E-state index contributed by atoms with van der Waals surface area (Å²) < 4.78 is 0. The number of nitrogens with one attached hydrogen (secondary N) is 3. The highest BCUT2D eigenvalue weighted by atomic mass is 16.4. The summed E-state index contributed by atoms with van der Waals surface area (Å²) in [6.45, 7) is -0.372. The van der Waals surface area contributed by atoms with Gasteiger partial charge >= 0.3 is 12.0 Å². The fourth-order valence-corrected chi connectivity index (χ4v) is 1.58. The molecule has 9 nitrogen and oxygen atoms in total. The van der Waals surface area contributed by atoms with Gasteiger partial charge in [0.15, 0.2) is 0 Å². The number of aliphatic carboxylic acids is 1. The molecule has 0 aromatic carbocycles. The van der Waals surface area contributed by atoms with E-state index in [0.717, 1.165) is 4.90 Å². The Kier molecular flexibility index (Phi) is 5.10. The van der Waals surface area contributed by atoms with E-state index in [2.05, 4.69) is 16.0 Å². The fraction of sp³-hybridized carbons (Fsp3) is 0.600. The van der Waals surface area contributed by atoms with E-state index < -0.39 is 23.9 Å². The molecule has 1 fully saturated rings. The molecule has 1 rings (SSSR count). The molecule has 9 heteroatoms.